The molecule has 1 saturated carbocycles. The second-order valence-electron chi connectivity index (χ2n) is 4.12. The average molecular weight is 222 g/mol. The summed E-state index contributed by atoms with van der Waals surface area (Å²) < 4.78 is 2.20. The molecule has 78 valence electrons. The largest absolute Gasteiger partial charge is 0.309 e. The van der Waals surface area contributed by atoms with Gasteiger partial charge in [-0.1, -0.05) is 0 Å². The van der Waals surface area contributed by atoms with Crippen LogP contribution in [0.15, 0.2) is 12.3 Å². The van der Waals surface area contributed by atoms with Crippen LogP contribution in [0.4, 0.5) is 0 Å². The molecule has 0 aromatic carbocycles. The summed E-state index contributed by atoms with van der Waals surface area (Å²) in [5.74, 6) is 1.42. The minimum absolute atomic E-state index is 0.464. The summed E-state index contributed by atoms with van der Waals surface area (Å²) in [5.41, 5.74) is 3.10. The van der Waals surface area contributed by atoms with E-state index in [9.17, 15) is 0 Å². The lowest BCUT2D eigenvalue weighted by atomic mass is 10.3. The van der Waals surface area contributed by atoms with Crippen molar-refractivity contribution in [2.75, 3.05) is 0 Å². The minimum atomic E-state index is 0.464. The van der Waals surface area contributed by atoms with Gasteiger partial charge in [-0.25, -0.2) is 9.97 Å². The fourth-order valence-corrected chi connectivity index (χ4v) is 2.13. The predicted octanol–water partition coefficient (Wildman–Crippen LogP) is 2.81. The fraction of sp³-hybridized carbons (Fsp3) is 0.455. The van der Waals surface area contributed by atoms with Crippen LogP contribution in [0.2, 0.25) is 0 Å². The van der Waals surface area contributed by atoms with E-state index in [1.807, 2.05) is 13.1 Å². The van der Waals surface area contributed by atoms with Crippen LogP contribution in [-0.4, -0.2) is 14.5 Å². The van der Waals surface area contributed by atoms with Crippen LogP contribution in [0.5, 0.6) is 0 Å². The molecule has 4 heteroatoms. The van der Waals surface area contributed by atoms with Gasteiger partial charge in [-0.2, -0.15) is 0 Å². The van der Waals surface area contributed by atoms with Gasteiger partial charge in [0.1, 0.15) is 11.3 Å². The number of alkyl halides is 1. The molecule has 2 aromatic rings. The average Bonchev–Trinajstić information content (AvgIpc) is 2.99. The highest BCUT2D eigenvalue weighted by molar-refractivity contribution is 6.16. The number of rotatable bonds is 2. The molecule has 0 radical (unpaired) electrons. The standard InChI is InChI=1S/C11H12ClN3/c1-7-4-9-11(13-6-7)15(8-2-3-8)10(5-12)14-9/h4,6,8H,2-3,5H2,1H3. The van der Waals surface area contributed by atoms with Gasteiger partial charge in [-0.3, -0.25) is 0 Å². The zero-order valence-electron chi connectivity index (χ0n) is 8.57. The third-order valence-corrected chi connectivity index (χ3v) is 3.01. The third-order valence-electron chi connectivity index (χ3n) is 2.77. The second kappa shape index (κ2) is 3.20. The zero-order valence-corrected chi connectivity index (χ0v) is 9.33. The van der Waals surface area contributed by atoms with E-state index < -0.39 is 0 Å². The molecule has 0 bridgehead atoms. The lowest BCUT2D eigenvalue weighted by molar-refractivity contribution is 0.721. The van der Waals surface area contributed by atoms with Crippen LogP contribution in [-0.2, 0) is 5.88 Å². The molecular weight excluding hydrogens is 210 g/mol. The van der Waals surface area contributed by atoms with Crippen LogP contribution < -0.4 is 0 Å². The van der Waals surface area contributed by atoms with Gasteiger partial charge in [0.15, 0.2) is 5.65 Å². The second-order valence-corrected chi connectivity index (χ2v) is 4.39. The molecule has 2 aromatic heterocycles. The summed E-state index contributed by atoms with van der Waals surface area (Å²) in [7, 11) is 0. The molecule has 15 heavy (non-hydrogen) atoms. The van der Waals surface area contributed by atoms with E-state index in [-0.39, 0.29) is 0 Å². The molecule has 1 aliphatic rings. The molecule has 0 saturated heterocycles. The van der Waals surface area contributed by atoms with Gasteiger partial charge in [-0.05, 0) is 31.4 Å². The van der Waals surface area contributed by atoms with Crippen molar-refractivity contribution in [3.8, 4) is 0 Å². The monoisotopic (exact) mass is 221 g/mol. The number of nitrogens with zero attached hydrogens (tertiary/aromatic N) is 3. The number of pyridine rings is 1. The van der Waals surface area contributed by atoms with E-state index in [1.165, 1.54) is 12.8 Å². The Kier molecular flexibility index (Phi) is 1.96. The van der Waals surface area contributed by atoms with Crippen LogP contribution in [0.3, 0.4) is 0 Å². The third kappa shape index (κ3) is 1.42. The van der Waals surface area contributed by atoms with Crippen molar-refractivity contribution in [2.24, 2.45) is 0 Å². The Hall–Kier alpha value is -1.09. The van der Waals surface area contributed by atoms with Crippen LogP contribution in [0, 0.1) is 6.92 Å². The van der Waals surface area contributed by atoms with E-state index in [0.717, 1.165) is 22.6 Å². The van der Waals surface area contributed by atoms with Gasteiger partial charge >= 0.3 is 0 Å². The number of hydrogen-bond acceptors (Lipinski definition) is 2. The molecule has 0 N–H and O–H groups in total. The lowest BCUT2D eigenvalue weighted by Crippen LogP contribution is -2.00. The zero-order chi connectivity index (χ0) is 10.4. The van der Waals surface area contributed by atoms with E-state index in [0.29, 0.717) is 11.9 Å². The summed E-state index contributed by atoms with van der Waals surface area (Å²) in [6.45, 7) is 2.03. The maximum Gasteiger partial charge on any atom is 0.160 e. The number of fused-ring (bicyclic) bond motifs is 1. The molecule has 1 fully saturated rings. The molecule has 0 unspecified atom stereocenters. The Balaban J connectivity index is 2.28. The molecule has 0 aliphatic heterocycles. The van der Waals surface area contributed by atoms with Gasteiger partial charge in [0.05, 0.1) is 5.88 Å². The van der Waals surface area contributed by atoms with Crippen molar-refractivity contribution in [3.05, 3.63) is 23.7 Å². The summed E-state index contributed by atoms with van der Waals surface area (Å²) in [5, 5.41) is 0. The van der Waals surface area contributed by atoms with E-state index >= 15 is 0 Å². The fourth-order valence-electron chi connectivity index (χ4n) is 1.94. The van der Waals surface area contributed by atoms with Crippen LogP contribution >= 0.6 is 11.6 Å². The molecule has 1 aliphatic carbocycles. The Morgan fingerprint density at radius 2 is 2.33 bits per heavy atom. The number of halogens is 1. The topological polar surface area (TPSA) is 30.7 Å². The van der Waals surface area contributed by atoms with E-state index in [4.69, 9.17) is 11.6 Å². The minimum Gasteiger partial charge on any atom is -0.309 e. The van der Waals surface area contributed by atoms with Crippen molar-refractivity contribution >= 4 is 22.8 Å². The first-order chi connectivity index (χ1) is 7.29. The lowest BCUT2D eigenvalue weighted by Gasteiger charge is -2.03. The molecule has 0 atom stereocenters. The maximum atomic E-state index is 5.90. The Bertz CT molecular complexity index is 514. The quantitative estimate of drug-likeness (QED) is 0.731. The first kappa shape index (κ1) is 9.16. The normalized spacial score (nSPS) is 16.1. The molecular formula is C11H12ClN3. The Morgan fingerprint density at radius 1 is 1.53 bits per heavy atom. The molecule has 0 spiro atoms. The highest BCUT2D eigenvalue weighted by Crippen LogP contribution is 2.38. The van der Waals surface area contributed by atoms with Crippen molar-refractivity contribution in [1.82, 2.24) is 14.5 Å². The number of hydrogen-bond donors (Lipinski definition) is 0. The van der Waals surface area contributed by atoms with Crippen molar-refractivity contribution < 1.29 is 0 Å². The summed E-state index contributed by atoms with van der Waals surface area (Å²) in [4.78, 5) is 8.97. The predicted molar refractivity (Wildman–Crippen MR) is 60.1 cm³/mol. The van der Waals surface area contributed by atoms with E-state index in [2.05, 4.69) is 20.6 Å². The van der Waals surface area contributed by atoms with Gasteiger partial charge in [0.25, 0.3) is 0 Å². The summed E-state index contributed by atoms with van der Waals surface area (Å²) in [6.07, 6.45) is 4.34. The number of aryl methyl sites for hydroxylation is 1. The summed E-state index contributed by atoms with van der Waals surface area (Å²) in [6, 6.07) is 2.65. The van der Waals surface area contributed by atoms with Crippen molar-refractivity contribution in [3.63, 3.8) is 0 Å². The van der Waals surface area contributed by atoms with E-state index in [1.54, 1.807) is 0 Å². The maximum absolute atomic E-state index is 5.90. The Labute approximate surface area is 93.1 Å². The molecule has 3 rings (SSSR count). The van der Waals surface area contributed by atoms with Gasteiger partial charge < -0.3 is 4.57 Å². The van der Waals surface area contributed by atoms with Crippen molar-refractivity contribution in [2.45, 2.75) is 31.7 Å². The van der Waals surface area contributed by atoms with Crippen molar-refractivity contribution in [1.29, 1.82) is 0 Å². The smallest absolute Gasteiger partial charge is 0.160 e. The van der Waals surface area contributed by atoms with Crippen LogP contribution in [0.25, 0.3) is 11.2 Å². The van der Waals surface area contributed by atoms with Crippen LogP contribution in [0.1, 0.15) is 30.3 Å². The number of aromatic nitrogens is 3. The Morgan fingerprint density at radius 3 is 3.00 bits per heavy atom. The first-order valence-electron chi connectivity index (χ1n) is 5.19. The van der Waals surface area contributed by atoms with Gasteiger partial charge in [-0.15, -0.1) is 11.6 Å². The first-order valence-corrected chi connectivity index (χ1v) is 5.72. The molecule has 0 amide bonds. The SMILES string of the molecule is Cc1cnc2c(c1)nc(CCl)n2C1CC1. The summed E-state index contributed by atoms with van der Waals surface area (Å²) >= 11 is 5.90. The van der Waals surface area contributed by atoms with Gasteiger partial charge in [0.2, 0.25) is 0 Å². The van der Waals surface area contributed by atoms with Gasteiger partial charge in [0, 0.05) is 12.2 Å². The molecule has 3 nitrogen and oxygen atoms in total. The molecule has 2 heterocycles. The highest BCUT2D eigenvalue weighted by Gasteiger charge is 2.28. The number of imidazole rings is 1. The highest BCUT2D eigenvalue weighted by atomic mass is 35.5.